The van der Waals surface area contributed by atoms with Crippen molar-refractivity contribution in [2.24, 2.45) is 0 Å². The summed E-state index contributed by atoms with van der Waals surface area (Å²) in [6.07, 6.45) is 0.854. The van der Waals surface area contributed by atoms with Gasteiger partial charge in [0.2, 0.25) is 0 Å². The number of ether oxygens (including phenoxy) is 1. The van der Waals surface area contributed by atoms with Crippen molar-refractivity contribution >= 4 is 21.9 Å². The van der Waals surface area contributed by atoms with Crippen molar-refractivity contribution in [1.29, 1.82) is 0 Å². The molecule has 1 N–H and O–H groups in total. The van der Waals surface area contributed by atoms with Crippen LogP contribution in [0.2, 0.25) is 0 Å². The predicted octanol–water partition coefficient (Wildman–Crippen LogP) is 3.63. The van der Waals surface area contributed by atoms with E-state index in [0.29, 0.717) is 5.75 Å². The number of aryl methyl sites for hydroxylation is 1. The average Bonchev–Trinajstić information content (AvgIpc) is 2.20. The van der Waals surface area contributed by atoms with Crippen LogP contribution in [0.5, 0.6) is 5.75 Å². The van der Waals surface area contributed by atoms with Crippen molar-refractivity contribution < 1.29 is 14.6 Å². The van der Waals surface area contributed by atoms with Crippen LogP contribution in [0.25, 0.3) is 0 Å². The molecule has 0 aliphatic heterocycles. The Labute approximate surface area is 104 Å². The van der Waals surface area contributed by atoms with Crippen LogP contribution in [0.1, 0.15) is 36.2 Å². The van der Waals surface area contributed by atoms with E-state index in [1.165, 1.54) is 0 Å². The first kappa shape index (κ1) is 13.0. The van der Waals surface area contributed by atoms with Gasteiger partial charge in [0, 0.05) is 4.47 Å². The molecule has 0 fully saturated rings. The number of benzene rings is 1. The molecule has 0 spiro atoms. The van der Waals surface area contributed by atoms with Crippen LogP contribution in [-0.2, 0) is 0 Å². The van der Waals surface area contributed by atoms with E-state index >= 15 is 0 Å². The summed E-state index contributed by atoms with van der Waals surface area (Å²) in [5, 5.41) is 9.10. The maximum atomic E-state index is 11.1. The Morgan fingerprint density at radius 1 is 1.56 bits per heavy atom. The van der Waals surface area contributed by atoms with Gasteiger partial charge in [-0.15, -0.1) is 0 Å². The first-order valence-corrected chi connectivity index (χ1v) is 5.95. The van der Waals surface area contributed by atoms with Crippen molar-refractivity contribution in [2.45, 2.75) is 33.3 Å². The highest BCUT2D eigenvalue weighted by Gasteiger charge is 2.16. The maximum Gasteiger partial charge on any atom is 0.339 e. The van der Waals surface area contributed by atoms with Gasteiger partial charge in [0.15, 0.2) is 0 Å². The quantitative estimate of drug-likeness (QED) is 0.919. The molecule has 0 saturated carbocycles. The molecule has 1 atom stereocenters. The lowest BCUT2D eigenvalue weighted by Gasteiger charge is -2.17. The predicted molar refractivity (Wildman–Crippen MR) is 66.2 cm³/mol. The van der Waals surface area contributed by atoms with Gasteiger partial charge in [-0.25, -0.2) is 4.79 Å². The van der Waals surface area contributed by atoms with Crippen LogP contribution in [0.4, 0.5) is 0 Å². The van der Waals surface area contributed by atoms with Crippen molar-refractivity contribution in [3.8, 4) is 5.75 Å². The molecule has 0 radical (unpaired) electrons. The summed E-state index contributed by atoms with van der Waals surface area (Å²) in [6.45, 7) is 5.77. The number of carbonyl (C=O) groups is 1. The number of carboxylic acid groups (broad SMARTS) is 1. The zero-order chi connectivity index (χ0) is 12.3. The summed E-state index contributed by atoms with van der Waals surface area (Å²) >= 11 is 3.28. The SMILES string of the molecule is CCC(C)Oc1c(C)cc(Br)cc1C(=O)O. The van der Waals surface area contributed by atoms with Gasteiger partial charge in [-0.05, 0) is 38.0 Å². The minimum Gasteiger partial charge on any atom is -0.490 e. The Morgan fingerprint density at radius 2 is 2.19 bits per heavy atom. The van der Waals surface area contributed by atoms with E-state index in [0.717, 1.165) is 16.5 Å². The molecule has 0 saturated heterocycles. The average molecular weight is 287 g/mol. The van der Waals surface area contributed by atoms with E-state index in [-0.39, 0.29) is 11.7 Å². The summed E-state index contributed by atoms with van der Waals surface area (Å²) < 4.78 is 6.39. The highest BCUT2D eigenvalue weighted by Crippen LogP contribution is 2.29. The summed E-state index contributed by atoms with van der Waals surface area (Å²) in [5.41, 5.74) is 1.03. The van der Waals surface area contributed by atoms with Crippen molar-refractivity contribution in [1.82, 2.24) is 0 Å². The Bertz CT molecular complexity index is 401. The first-order chi connectivity index (χ1) is 7.45. The van der Waals surface area contributed by atoms with E-state index < -0.39 is 5.97 Å². The van der Waals surface area contributed by atoms with Crippen LogP contribution in [0.3, 0.4) is 0 Å². The molecule has 0 aliphatic rings. The second-order valence-corrected chi connectivity index (χ2v) is 4.66. The molecule has 16 heavy (non-hydrogen) atoms. The van der Waals surface area contributed by atoms with E-state index in [1.54, 1.807) is 6.07 Å². The second-order valence-electron chi connectivity index (χ2n) is 3.74. The fourth-order valence-corrected chi connectivity index (χ4v) is 1.90. The summed E-state index contributed by atoms with van der Waals surface area (Å²) in [5.74, 6) is -0.507. The van der Waals surface area contributed by atoms with Gasteiger partial charge in [-0.1, -0.05) is 22.9 Å². The van der Waals surface area contributed by atoms with Gasteiger partial charge in [-0.2, -0.15) is 0 Å². The zero-order valence-electron chi connectivity index (χ0n) is 9.58. The molecule has 0 amide bonds. The highest BCUT2D eigenvalue weighted by atomic mass is 79.9. The summed E-state index contributed by atoms with van der Waals surface area (Å²) in [6, 6.07) is 3.41. The number of hydrogen-bond donors (Lipinski definition) is 1. The van der Waals surface area contributed by atoms with Crippen molar-refractivity contribution in [2.75, 3.05) is 0 Å². The summed E-state index contributed by atoms with van der Waals surface area (Å²) in [4.78, 5) is 11.1. The largest absolute Gasteiger partial charge is 0.490 e. The van der Waals surface area contributed by atoms with Crippen LogP contribution in [-0.4, -0.2) is 17.2 Å². The van der Waals surface area contributed by atoms with Gasteiger partial charge in [0.05, 0.1) is 6.10 Å². The van der Waals surface area contributed by atoms with Crippen molar-refractivity contribution in [3.05, 3.63) is 27.7 Å². The molecule has 0 aromatic heterocycles. The monoisotopic (exact) mass is 286 g/mol. The Hall–Kier alpha value is -1.03. The molecule has 1 aromatic rings. The maximum absolute atomic E-state index is 11.1. The third kappa shape index (κ3) is 2.98. The van der Waals surface area contributed by atoms with E-state index in [4.69, 9.17) is 9.84 Å². The van der Waals surface area contributed by atoms with Gasteiger partial charge in [0.25, 0.3) is 0 Å². The molecule has 1 rings (SSSR count). The fraction of sp³-hybridized carbons (Fsp3) is 0.417. The van der Waals surface area contributed by atoms with E-state index in [2.05, 4.69) is 15.9 Å². The number of halogens is 1. The van der Waals surface area contributed by atoms with Crippen LogP contribution in [0, 0.1) is 6.92 Å². The van der Waals surface area contributed by atoms with Crippen LogP contribution >= 0.6 is 15.9 Å². The molecule has 1 unspecified atom stereocenters. The lowest BCUT2D eigenvalue weighted by molar-refractivity contribution is 0.0689. The van der Waals surface area contributed by atoms with Gasteiger partial charge in [0.1, 0.15) is 11.3 Å². The molecule has 4 heteroatoms. The molecule has 88 valence electrons. The third-order valence-electron chi connectivity index (χ3n) is 2.36. The normalized spacial score (nSPS) is 12.2. The van der Waals surface area contributed by atoms with Crippen LogP contribution in [0.15, 0.2) is 16.6 Å². The Kier molecular flexibility index (Phi) is 4.35. The fourth-order valence-electron chi connectivity index (χ4n) is 1.33. The minimum atomic E-state index is -0.970. The van der Waals surface area contributed by atoms with Gasteiger partial charge in [-0.3, -0.25) is 0 Å². The smallest absolute Gasteiger partial charge is 0.339 e. The standard InChI is InChI=1S/C12H15BrO3/c1-4-8(3)16-11-7(2)5-9(13)6-10(11)12(14)15/h5-6,8H,4H2,1-3H3,(H,14,15). The lowest BCUT2D eigenvalue weighted by atomic mass is 10.1. The number of aromatic carboxylic acids is 1. The molecule has 3 nitrogen and oxygen atoms in total. The first-order valence-electron chi connectivity index (χ1n) is 5.15. The Balaban J connectivity index is 3.19. The molecular formula is C12H15BrO3. The third-order valence-corrected chi connectivity index (χ3v) is 2.82. The molecule has 0 heterocycles. The topological polar surface area (TPSA) is 46.5 Å². The molecule has 0 bridgehead atoms. The van der Waals surface area contributed by atoms with Gasteiger partial charge >= 0.3 is 5.97 Å². The molecule has 1 aromatic carbocycles. The minimum absolute atomic E-state index is 0.0120. The second kappa shape index (κ2) is 5.34. The van der Waals surface area contributed by atoms with E-state index in [1.807, 2.05) is 26.8 Å². The number of hydrogen-bond acceptors (Lipinski definition) is 2. The lowest BCUT2D eigenvalue weighted by Crippen LogP contribution is -2.13. The van der Waals surface area contributed by atoms with Crippen molar-refractivity contribution in [3.63, 3.8) is 0 Å². The van der Waals surface area contributed by atoms with Gasteiger partial charge < -0.3 is 9.84 Å². The molecular weight excluding hydrogens is 272 g/mol. The Morgan fingerprint density at radius 3 is 2.69 bits per heavy atom. The molecule has 0 aliphatic carbocycles. The zero-order valence-corrected chi connectivity index (χ0v) is 11.2. The van der Waals surface area contributed by atoms with E-state index in [9.17, 15) is 4.79 Å². The number of carboxylic acids is 1. The number of rotatable bonds is 4. The van der Waals surface area contributed by atoms with Crippen LogP contribution < -0.4 is 4.74 Å². The summed E-state index contributed by atoms with van der Waals surface area (Å²) in [7, 11) is 0. The highest BCUT2D eigenvalue weighted by molar-refractivity contribution is 9.10.